The van der Waals surface area contributed by atoms with E-state index in [0.717, 1.165) is 0 Å². The molecule has 0 saturated heterocycles. The highest BCUT2D eigenvalue weighted by atomic mass is 35.5. The van der Waals surface area contributed by atoms with E-state index in [0.29, 0.717) is 33.6 Å². The average Bonchev–Trinajstić information content (AvgIpc) is 3.04. The van der Waals surface area contributed by atoms with Gasteiger partial charge in [-0.05, 0) is 25.1 Å². The molecule has 0 saturated carbocycles. The maximum absolute atomic E-state index is 12.4. The van der Waals surface area contributed by atoms with E-state index in [-0.39, 0.29) is 31.4 Å². The second kappa shape index (κ2) is 9.68. The molecule has 0 aliphatic rings. The minimum atomic E-state index is -0.400. The number of halogens is 3. The number of carbonyl (C=O) groups is 2. The lowest BCUT2D eigenvalue weighted by molar-refractivity contribution is -0.116. The molecule has 25 heavy (non-hydrogen) atoms. The van der Waals surface area contributed by atoms with Crippen LogP contribution in [0.25, 0.3) is 0 Å². The maximum Gasteiger partial charge on any atom is 0.257 e. The first-order valence-electron chi connectivity index (χ1n) is 7.26. The molecule has 0 radical (unpaired) electrons. The van der Waals surface area contributed by atoms with E-state index >= 15 is 0 Å². The molecule has 0 aliphatic carbocycles. The number of benzene rings is 1. The molecule has 1 heterocycles. The van der Waals surface area contributed by atoms with Gasteiger partial charge in [0.15, 0.2) is 0 Å². The van der Waals surface area contributed by atoms with Crippen LogP contribution in [0.15, 0.2) is 34.9 Å². The molecule has 0 aliphatic heterocycles. The fraction of sp³-hybridized carbons (Fsp3) is 0.250. The lowest BCUT2D eigenvalue weighted by Gasteiger charge is -2.20. The van der Waals surface area contributed by atoms with Gasteiger partial charge in [0.2, 0.25) is 5.91 Å². The van der Waals surface area contributed by atoms with Gasteiger partial charge in [-0.3, -0.25) is 9.59 Å². The van der Waals surface area contributed by atoms with E-state index in [1.54, 1.807) is 31.2 Å². The summed E-state index contributed by atoms with van der Waals surface area (Å²) in [6.07, 6.45) is 1.33. The number of para-hydroxylation sites is 1. The number of rotatable bonds is 6. The van der Waals surface area contributed by atoms with Crippen LogP contribution in [0.3, 0.4) is 0 Å². The third-order valence-corrected chi connectivity index (χ3v) is 3.96. The molecule has 0 atom stereocenters. The predicted octanol–water partition coefficient (Wildman–Crippen LogP) is 3.57. The number of carbonyl (C=O) groups excluding carboxylic acids is 2. The number of nitrogens with zero attached hydrogens (tertiary/aromatic N) is 1. The highest BCUT2D eigenvalue weighted by molar-refractivity contribution is 6.39. The number of hydrogen-bond acceptors (Lipinski definition) is 4. The third-order valence-electron chi connectivity index (χ3n) is 3.33. The summed E-state index contributed by atoms with van der Waals surface area (Å²) < 4.78 is 5.15. The van der Waals surface area contributed by atoms with Crippen molar-refractivity contribution < 1.29 is 14.0 Å². The zero-order valence-electron chi connectivity index (χ0n) is 13.4. The van der Waals surface area contributed by atoms with Crippen LogP contribution in [0.1, 0.15) is 23.0 Å². The van der Waals surface area contributed by atoms with Gasteiger partial charge in [-0.25, -0.2) is 0 Å². The number of anilines is 1. The Morgan fingerprint density at radius 2 is 1.92 bits per heavy atom. The van der Waals surface area contributed by atoms with Crippen LogP contribution in [0.5, 0.6) is 0 Å². The van der Waals surface area contributed by atoms with Gasteiger partial charge in [-0.15, -0.1) is 12.4 Å². The van der Waals surface area contributed by atoms with Crippen molar-refractivity contribution in [2.45, 2.75) is 13.5 Å². The number of amides is 2. The third kappa shape index (κ3) is 5.37. The van der Waals surface area contributed by atoms with Crippen molar-refractivity contribution in [1.29, 1.82) is 0 Å². The van der Waals surface area contributed by atoms with Gasteiger partial charge in [-0.2, -0.15) is 0 Å². The average molecular weight is 407 g/mol. The van der Waals surface area contributed by atoms with Crippen LogP contribution in [-0.4, -0.2) is 29.8 Å². The van der Waals surface area contributed by atoms with Crippen molar-refractivity contribution >= 4 is 53.1 Å². The van der Waals surface area contributed by atoms with E-state index in [1.807, 2.05) is 0 Å². The van der Waals surface area contributed by atoms with Crippen LogP contribution in [0, 0.1) is 0 Å². The number of likely N-dealkylation sites (N-methyl/N-ethyl adjacent to an activating group) is 1. The Labute approximate surface area is 161 Å². The normalized spacial score (nSPS) is 10.1. The second-order valence-electron chi connectivity index (χ2n) is 4.97. The van der Waals surface area contributed by atoms with Crippen molar-refractivity contribution in [2.24, 2.45) is 5.73 Å². The summed E-state index contributed by atoms with van der Waals surface area (Å²) in [5.74, 6) is -0.217. The minimum Gasteiger partial charge on any atom is -0.467 e. The number of nitrogens with two attached hydrogens (primary N) is 1. The van der Waals surface area contributed by atoms with Gasteiger partial charge in [0.05, 0.1) is 27.8 Å². The summed E-state index contributed by atoms with van der Waals surface area (Å²) in [5, 5.41) is 3.28. The van der Waals surface area contributed by atoms with E-state index in [4.69, 9.17) is 33.4 Å². The Balaban J connectivity index is 0.00000312. The molecule has 0 fully saturated rings. The smallest absolute Gasteiger partial charge is 0.257 e. The molecule has 2 aromatic rings. The van der Waals surface area contributed by atoms with E-state index in [2.05, 4.69) is 5.32 Å². The Hall–Kier alpha value is -1.73. The van der Waals surface area contributed by atoms with E-state index < -0.39 is 5.91 Å². The number of hydrogen-bond donors (Lipinski definition) is 2. The van der Waals surface area contributed by atoms with Gasteiger partial charge in [0.25, 0.3) is 5.91 Å². The summed E-state index contributed by atoms with van der Waals surface area (Å²) >= 11 is 12.0. The first-order chi connectivity index (χ1) is 11.5. The highest BCUT2D eigenvalue weighted by Crippen LogP contribution is 2.29. The fourth-order valence-corrected chi connectivity index (χ4v) is 2.57. The zero-order chi connectivity index (χ0) is 17.7. The predicted molar refractivity (Wildman–Crippen MR) is 101 cm³/mol. The van der Waals surface area contributed by atoms with Crippen LogP contribution in [0.2, 0.25) is 10.0 Å². The van der Waals surface area contributed by atoms with E-state index in [1.165, 1.54) is 11.2 Å². The molecule has 0 spiro atoms. The largest absolute Gasteiger partial charge is 0.467 e. The van der Waals surface area contributed by atoms with Crippen LogP contribution in [0.4, 0.5) is 5.69 Å². The number of nitrogens with one attached hydrogen (secondary N) is 1. The molecule has 9 heteroatoms. The molecule has 3 N–H and O–H groups in total. The highest BCUT2D eigenvalue weighted by Gasteiger charge is 2.20. The summed E-state index contributed by atoms with van der Waals surface area (Å²) in [7, 11) is 0. The summed E-state index contributed by atoms with van der Waals surface area (Å²) in [6, 6.07) is 6.47. The minimum absolute atomic E-state index is 0. The maximum atomic E-state index is 12.4. The molecule has 136 valence electrons. The Kier molecular flexibility index (Phi) is 8.25. The molecule has 1 aromatic heterocycles. The van der Waals surface area contributed by atoms with Gasteiger partial charge >= 0.3 is 0 Å². The molecule has 1 aromatic carbocycles. The van der Waals surface area contributed by atoms with Crippen LogP contribution >= 0.6 is 35.6 Å². The van der Waals surface area contributed by atoms with Gasteiger partial charge in [-0.1, -0.05) is 29.3 Å². The summed E-state index contributed by atoms with van der Waals surface area (Å²) in [6.45, 7) is 2.19. The molecular formula is C16H18Cl3N3O3. The van der Waals surface area contributed by atoms with Gasteiger partial charge in [0.1, 0.15) is 18.6 Å². The lowest BCUT2D eigenvalue weighted by Crippen LogP contribution is -2.37. The second-order valence-corrected chi connectivity index (χ2v) is 5.78. The molecular weight excluding hydrogens is 389 g/mol. The molecule has 2 rings (SSSR count). The zero-order valence-corrected chi connectivity index (χ0v) is 15.7. The monoisotopic (exact) mass is 405 g/mol. The van der Waals surface area contributed by atoms with Crippen molar-refractivity contribution in [2.75, 3.05) is 18.4 Å². The Morgan fingerprint density at radius 3 is 2.44 bits per heavy atom. The molecule has 2 amide bonds. The van der Waals surface area contributed by atoms with Crippen LogP contribution in [-0.2, 0) is 11.3 Å². The summed E-state index contributed by atoms with van der Waals surface area (Å²) in [4.78, 5) is 26.0. The molecule has 0 bridgehead atoms. The number of furan rings is 1. The molecule has 6 nitrogen and oxygen atoms in total. The van der Waals surface area contributed by atoms with Crippen molar-refractivity contribution in [3.8, 4) is 0 Å². The van der Waals surface area contributed by atoms with Crippen molar-refractivity contribution in [1.82, 2.24) is 4.90 Å². The standard InChI is InChI=1S/C16H17Cl2N3O3.ClH/c1-2-21(16(23)10-6-11(7-19)24-9-10)8-14(22)20-15-12(17)4-3-5-13(15)18;/h3-6,9H,2,7-8,19H2,1H3,(H,20,22);1H. The summed E-state index contributed by atoms with van der Waals surface area (Å²) in [5.41, 5.74) is 6.13. The first kappa shape index (κ1) is 21.3. The quantitative estimate of drug-likeness (QED) is 0.767. The van der Waals surface area contributed by atoms with Crippen LogP contribution < -0.4 is 11.1 Å². The van der Waals surface area contributed by atoms with Crippen molar-refractivity contribution in [3.05, 3.63) is 51.9 Å². The van der Waals surface area contributed by atoms with E-state index in [9.17, 15) is 9.59 Å². The molecule has 0 unspecified atom stereocenters. The Morgan fingerprint density at radius 1 is 1.28 bits per heavy atom. The van der Waals surface area contributed by atoms with Gasteiger partial charge in [0, 0.05) is 6.54 Å². The Bertz CT molecular complexity index is 729. The van der Waals surface area contributed by atoms with Crippen molar-refractivity contribution in [3.63, 3.8) is 0 Å². The lowest BCUT2D eigenvalue weighted by atomic mass is 10.2. The first-order valence-corrected chi connectivity index (χ1v) is 8.02. The SMILES string of the molecule is CCN(CC(=O)Nc1c(Cl)cccc1Cl)C(=O)c1coc(CN)c1.Cl. The topological polar surface area (TPSA) is 88.6 Å². The van der Waals surface area contributed by atoms with Gasteiger partial charge < -0.3 is 20.4 Å². The fourth-order valence-electron chi connectivity index (χ4n) is 2.08.